The summed E-state index contributed by atoms with van der Waals surface area (Å²) in [6.45, 7) is 0. The molecule has 0 atom stereocenters. The SMILES string of the molecule is N#Cc1cc(C=O)cc(C(F)(F)F)c1C(=O)CBr. The van der Waals surface area contributed by atoms with Crippen LogP contribution in [0.1, 0.15) is 31.8 Å². The summed E-state index contributed by atoms with van der Waals surface area (Å²) in [6, 6.07) is 3.01. The summed E-state index contributed by atoms with van der Waals surface area (Å²) < 4.78 is 38.4. The van der Waals surface area contributed by atoms with E-state index in [0.717, 1.165) is 6.07 Å². The summed E-state index contributed by atoms with van der Waals surface area (Å²) >= 11 is 2.76. The van der Waals surface area contributed by atoms with Gasteiger partial charge in [-0.05, 0) is 12.1 Å². The summed E-state index contributed by atoms with van der Waals surface area (Å²) in [7, 11) is 0. The molecular weight excluding hydrogens is 315 g/mol. The van der Waals surface area contributed by atoms with Gasteiger partial charge in [-0.1, -0.05) is 15.9 Å². The average molecular weight is 320 g/mol. The van der Waals surface area contributed by atoms with Gasteiger partial charge in [-0.25, -0.2) is 0 Å². The normalized spacial score (nSPS) is 10.8. The van der Waals surface area contributed by atoms with Gasteiger partial charge in [0.1, 0.15) is 6.29 Å². The highest BCUT2D eigenvalue weighted by Crippen LogP contribution is 2.34. The highest BCUT2D eigenvalue weighted by Gasteiger charge is 2.36. The lowest BCUT2D eigenvalue weighted by molar-refractivity contribution is -0.137. The largest absolute Gasteiger partial charge is 0.417 e. The van der Waals surface area contributed by atoms with Crippen molar-refractivity contribution >= 4 is 28.0 Å². The molecule has 0 saturated heterocycles. The number of rotatable bonds is 3. The first-order valence-corrected chi connectivity index (χ1v) is 5.67. The van der Waals surface area contributed by atoms with E-state index in [0.29, 0.717) is 6.07 Å². The number of ketones is 1. The van der Waals surface area contributed by atoms with Gasteiger partial charge in [0.05, 0.1) is 22.5 Å². The Hall–Kier alpha value is -1.68. The van der Waals surface area contributed by atoms with Gasteiger partial charge in [-0.2, -0.15) is 18.4 Å². The maximum Gasteiger partial charge on any atom is 0.417 e. The van der Waals surface area contributed by atoms with Gasteiger partial charge in [0.2, 0.25) is 0 Å². The first-order chi connectivity index (χ1) is 8.35. The molecule has 0 aliphatic carbocycles. The van der Waals surface area contributed by atoms with Crippen LogP contribution in [0.2, 0.25) is 0 Å². The number of Topliss-reactive ketones (excluding diaryl/α,β-unsaturated/α-hetero) is 1. The van der Waals surface area contributed by atoms with Crippen LogP contribution in [-0.2, 0) is 6.18 Å². The third kappa shape index (κ3) is 2.76. The molecule has 0 amide bonds. The molecule has 3 nitrogen and oxygen atoms in total. The maximum absolute atomic E-state index is 12.8. The molecule has 94 valence electrons. The Morgan fingerprint density at radius 1 is 1.44 bits per heavy atom. The zero-order chi connectivity index (χ0) is 13.9. The van der Waals surface area contributed by atoms with Gasteiger partial charge < -0.3 is 0 Å². The fraction of sp³-hybridized carbons (Fsp3) is 0.182. The Balaban J connectivity index is 3.70. The van der Waals surface area contributed by atoms with Crippen molar-refractivity contribution < 1.29 is 22.8 Å². The Bertz CT molecular complexity index is 546. The van der Waals surface area contributed by atoms with Crippen molar-refractivity contribution in [2.75, 3.05) is 5.33 Å². The lowest BCUT2D eigenvalue weighted by Gasteiger charge is -2.13. The predicted octanol–water partition coefficient (Wildman–Crippen LogP) is 2.97. The molecule has 0 aliphatic rings. The van der Waals surface area contributed by atoms with Gasteiger partial charge in [-0.3, -0.25) is 9.59 Å². The van der Waals surface area contributed by atoms with Crippen molar-refractivity contribution in [2.45, 2.75) is 6.18 Å². The topological polar surface area (TPSA) is 57.9 Å². The molecule has 0 unspecified atom stereocenters. The van der Waals surface area contributed by atoms with E-state index in [9.17, 15) is 22.8 Å². The fourth-order valence-electron chi connectivity index (χ4n) is 1.41. The van der Waals surface area contributed by atoms with Crippen LogP contribution < -0.4 is 0 Å². The van der Waals surface area contributed by atoms with Crippen LogP contribution in [0.5, 0.6) is 0 Å². The van der Waals surface area contributed by atoms with Crippen molar-refractivity contribution in [3.05, 3.63) is 34.4 Å². The van der Waals surface area contributed by atoms with Crippen LogP contribution in [-0.4, -0.2) is 17.4 Å². The lowest BCUT2D eigenvalue weighted by Crippen LogP contribution is -2.16. The number of alkyl halides is 4. The van der Waals surface area contributed by atoms with Crippen LogP contribution >= 0.6 is 15.9 Å². The zero-order valence-corrected chi connectivity index (χ0v) is 10.3. The highest BCUT2D eigenvalue weighted by molar-refractivity contribution is 9.09. The second kappa shape index (κ2) is 5.31. The molecule has 0 N–H and O–H groups in total. The third-order valence-corrected chi connectivity index (χ3v) is 2.63. The van der Waals surface area contributed by atoms with Crippen molar-refractivity contribution in [3.63, 3.8) is 0 Å². The van der Waals surface area contributed by atoms with Gasteiger partial charge >= 0.3 is 6.18 Å². The number of aldehydes is 1. The van der Waals surface area contributed by atoms with Crippen LogP contribution in [0, 0.1) is 11.3 Å². The van der Waals surface area contributed by atoms with E-state index in [2.05, 4.69) is 15.9 Å². The lowest BCUT2D eigenvalue weighted by atomic mass is 9.95. The number of carbonyl (C=O) groups is 2. The van der Waals surface area contributed by atoms with Crippen molar-refractivity contribution in [1.82, 2.24) is 0 Å². The molecule has 7 heteroatoms. The number of benzene rings is 1. The van der Waals surface area contributed by atoms with Crippen LogP contribution in [0.25, 0.3) is 0 Å². The number of halogens is 4. The Labute approximate surface area is 108 Å². The molecule has 1 aromatic rings. The summed E-state index contributed by atoms with van der Waals surface area (Å²) in [4.78, 5) is 22.0. The van der Waals surface area contributed by atoms with E-state index < -0.39 is 28.6 Å². The summed E-state index contributed by atoms with van der Waals surface area (Å²) in [5.74, 6) is -0.865. The van der Waals surface area contributed by atoms with E-state index in [1.54, 1.807) is 0 Å². The minimum atomic E-state index is -4.81. The molecule has 1 rings (SSSR count). The van der Waals surface area contributed by atoms with Crippen molar-refractivity contribution in [1.29, 1.82) is 5.26 Å². The quantitative estimate of drug-likeness (QED) is 0.489. The molecule has 0 spiro atoms. The van der Waals surface area contributed by atoms with Crippen molar-refractivity contribution in [3.8, 4) is 6.07 Å². The predicted molar refractivity (Wildman–Crippen MR) is 59.7 cm³/mol. The molecular formula is C11H5BrF3NO2. The Kier molecular flexibility index (Phi) is 4.24. The van der Waals surface area contributed by atoms with Crippen LogP contribution in [0.4, 0.5) is 13.2 Å². The fourth-order valence-corrected chi connectivity index (χ4v) is 1.69. The second-order valence-electron chi connectivity index (χ2n) is 3.28. The minimum Gasteiger partial charge on any atom is -0.298 e. The minimum absolute atomic E-state index is 0.193. The van der Waals surface area contributed by atoms with Gasteiger partial charge in [0.25, 0.3) is 0 Å². The van der Waals surface area contributed by atoms with Crippen LogP contribution in [0.15, 0.2) is 12.1 Å². The highest BCUT2D eigenvalue weighted by atomic mass is 79.9. The van der Waals surface area contributed by atoms with E-state index in [1.807, 2.05) is 0 Å². The second-order valence-corrected chi connectivity index (χ2v) is 3.84. The first-order valence-electron chi connectivity index (χ1n) is 4.54. The summed E-state index contributed by atoms with van der Waals surface area (Å²) in [5, 5.41) is 8.43. The van der Waals surface area contributed by atoms with E-state index in [-0.39, 0.29) is 17.2 Å². The number of nitriles is 1. The maximum atomic E-state index is 12.8. The molecule has 0 saturated carbocycles. The van der Waals surface area contributed by atoms with E-state index >= 15 is 0 Å². The van der Waals surface area contributed by atoms with Gasteiger partial charge in [0.15, 0.2) is 5.78 Å². The molecule has 0 radical (unpaired) electrons. The standard InChI is InChI=1S/C11H5BrF3NO2/c12-3-9(18)10-7(4-16)1-6(5-17)2-8(10)11(13,14)15/h1-2,5H,3H2. The molecule has 0 aromatic heterocycles. The smallest absolute Gasteiger partial charge is 0.298 e. The van der Waals surface area contributed by atoms with E-state index in [1.165, 1.54) is 6.07 Å². The number of carbonyl (C=O) groups excluding carboxylic acids is 2. The Morgan fingerprint density at radius 3 is 2.44 bits per heavy atom. The number of hydrogen-bond donors (Lipinski definition) is 0. The summed E-state index contributed by atoms with van der Waals surface area (Å²) in [6.07, 6.45) is -4.61. The summed E-state index contributed by atoms with van der Waals surface area (Å²) in [5.41, 5.74) is -2.75. The monoisotopic (exact) mass is 319 g/mol. The average Bonchev–Trinajstić information content (AvgIpc) is 2.34. The van der Waals surface area contributed by atoms with E-state index in [4.69, 9.17) is 5.26 Å². The van der Waals surface area contributed by atoms with Crippen LogP contribution in [0.3, 0.4) is 0 Å². The van der Waals surface area contributed by atoms with Gasteiger partial charge in [-0.15, -0.1) is 0 Å². The molecule has 0 fully saturated rings. The number of hydrogen-bond acceptors (Lipinski definition) is 3. The third-order valence-electron chi connectivity index (χ3n) is 2.12. The van der Waals surface area contributed by atoms with Crippen molar-refractivity contribution in [2.24, 2.45) is 0 Å². The Morgan fingerprint density at radius 2 is 2.06 bits per heavy atom. The van der Waals surface area contributed by atoms with Gasteiger partial charge in [0, 0.05) is 11.1 Å². The molecule has 1 aromatic carbocycles. The molecule has 18 heavy (non-hydrogen) atoms. The first kappa shape index (κ1) is 14.4. The molecule has 0 aliphatic heterocycles. The molecule has 0 bridgehead atoms. The molecule has 0 heterocycles. The number of nitrogens with zero attached hydrogens (tertiary/aromatic N) is 1. The zero-order valence-electron chi connectivity index (χ0n) is 8.71.